The minimum Gasteiger partial charge on any atom is -0.478 e. The van der Waals surface area contributed by atoms with Crippen molar-refractivity contribution in [1.29, 1.82) is 0 Å². The summed E-state index contributed by atoms with van der Waals surface area (Å²) in [6, 6.07) is 3.13. The van der Waals surface area contributed by atoms with Crippen LogP contribution in [0.25, 0.3) is 0 Å². The lowest BCUT2D eigenvalue weighted by molar-refractivity contribution is 0.0696. The zero-order valence-corrected chi connectivity index (χ0v) is 8.81. The highest BCUT2D eigenvalue weighted by Crippen LogP contribution is 2.14. The number of nitrogens with zero attached hydrogens (tertiary/aromatic N) is 1. The van der Waals surface area contributed by atoms with Crippen LogP contribution in [0.5, 0.6) is 0 Å². The zero-order valence-electron chi connectivity index (χ0n) is 8.81. The van der Waals surface area contributed by atoms with Crippen LogP contribution in [0.4, 0.5) is 0 Å². The number of pyridine rings is 1. The highest BCUT2D eigenvalue weighted by Gasteiger charge is 2.08. The second-order valence-corrected chi connectivity index (χ2v) is 3.53. The summed E-state index contributed by atoms with van der Waals surface area (Å²) in [5, 5.41) is 8.68. The fourth-order valence-electron chi connectivity index (χ4n) is 1.32. The first-order valence-corrected chi connectivity index (χ1v) is 5.10. The summed E-state index contributed by atoms with van der Waals surface area (Å²) in [7, 11) is 0. The van der Waals surface area contributed by atoms with Crippen LogP contribution in [0, 0.1) is 0 Å². The standard InChI is InChI=1S/C11H16N2O2/c1-2-3-4-9(12)10-6-5-8(7-13-10)11(14)15/h5-7,9H,2-4,12H2,1H3,(H,14,15). The van der Waals surface area contributed by atoms with Gasteiger partial charge in [-0.3, -0.25) is 4.98 Å². The Bertz CT molecular complexity index is 322. The van der Waals surface area contributed by atoms with Crippen LogP contribution in [0.2, 0.25) is 0 Å². The lowest BCUT2D eigenvalue weighted by Gasteiger charge is -2.09. The number of carbonyl (C=O) groups is 1. The highest BCUT2D eigenvalue weighted by atomic mass is 16.4. The fraction of sp³-hybridized carbons (Fsp3) is 0.455. The average molecular weight is 208 g/mol. The van der Waals surface area contributed by atoms with Crippen molar-refractivity contribution in [1.82, 2.24) is 4.98 Å². The van der Waals surface area contributed by atoms with Gasteiger partial charge in [-0.25, -0.2) is 4.79 Å². The molecule has 0 fully saturated rings. The number of aromatic nitrogens is 1. The van der Waals surface area contributed by atoms with Crippen LogP contribution in [0.15, 0.2) is 18.3 Å². The van der Waals surface area contributed by atoms with Gasteiger partial charge in [-0.15, -0.1) is 0 Å². The molecule has 0 amide bonds. The van der Waals surface area contributed by atoms with E-state index in [9.17, 15) is 4.79 Å². The molecule has 82 valence electrons. The molecule has 0 saturated carbocycles. The van der Waals surface area contributed by atoms with Crippen molar-refractivity contribution >= 4 is 5.97 Å². The number of carboxylic acid groups (broad SMARTS) is 1. The molecular formula is C11H16N2O2. The van der Waals surface area contributed by atoms with Gasteiger partial charge < -0.3 is 10.8 Å². The lowest BCUT2D eigenvalue weighted by Crippen LogP contribution is -2.12. The number of rotatable bonds is 5. The summed E-state index contributed by atoms with van der Waals surface area (Å²) in [6.45, 7) is 2.10. The molecule has 15 heavy (non-hydrogen) atoms. The first-order valence-electron chi connectivity index (χ1n) is 5.10. The van der Waals surface area contributed by atoms with Crippen LogP contribution >= 0.6 is 0 Å². The maximum Gasteiger partial charge on any atom is 0.337 e. The van der Waals surface area contributed by atoms with E-state index in [-0.39, 0.29) is 11.6 Å². The van der Waals surface area contributed by atoms with Crippen LogP contribution < -0.4 is 5.73 Å². The Morgan fingerprint density at radius 1 is 1.60 bits per heavy atom. The van der Waals surface area contributed by atoms with Gasteiger partial charge in [0.25, 0.3) is 0 Å². The largest absolute Gasteiger partial charge is 0.478 e. The van der Waals surface area contributed by atoms with E-state index in [0.717, 1.165) is 25.0 Å². The quantitative estimate of drug-likeness (QED) is 0.775. The van der Waals surface area contributed by atoms with Gasteiger partial charge in [0, 0.05) is 12.2 Å². The molecule has 1 unspecified atom stereocenters. The molecule has 0 aromatic carbocycles. The van der Waals surface area contributed by atoms with Crippen molar-refractivity contribution in [2.45, 2.75) is 32.2 Å². The normalized spacial score (nSPS) is 12.4. The molecule has 3 N–H and O–H groups in total. The van der Waals surface area contributed by atoms with Gasteiger partial charge >= 0.3 is 5.97 Å². The summed E-state index contributed by atoms with van der Waals surface area (Å²) >= 11 is 0. The molecule has 1 aromatic heterocycles. The summed E-state index contributed by atoms with van der Waals surface area (Å²) in [5.74, 6) is -0.962. The molecule has 1 aromatic rings. The van der Waals surface area contributed by atoms with E-state index < -0.39 is 5.97 Å². The molecule has 0 radical (unpaired) electrons. The smallest absolute Gasteiger partial charge is 0.337 e. The maximum atomic E-state index is 10.6. The molecule has 1 atom stereocenters. The van der Waals surface area contributed by atoms with E-state index in [1.165, 1.54) is 12.3 Å². The minimum atomic E-state index is -0.962. The van der Waals surface area contributed by atoms with Crippen molar-refractivity contribution < 1.29 is 9.90 Å². The molecule has 1 heterocycles. The SMILES string of the molecule is CCCCC(N)c1ccc(C(=O)O)cn1. The van der Waals surface area contributed by atoms with Crippen molar-refractivity contribution in [2.75, 3.05) is 0 Å². The number of carboxylic acids is 1. The molecule has 0 bridgehead atoms. The third-order valence-corrected chi connectivity index (χ3v) is 2.28. The van der Waals surface area contributed by atoms with E-state index >= 15 is 0 Å². The Balaban J connectivity index is 2.66. The number of hydrogen-bond acceptors (Lipinski definition) is 3. The van der Waals surface area contributed by atoms with Gasteiger partial charge in [-0.05, 0) is 18.6 Å². The fourth-order valence-corrected chi connectivity index (χ4v) is 1.32. The second-order valence-electron chi connectivity index (χ2n) is 3.53. The van der Waals surface area contributed by atoms with Crippen LogP contribution in [-0.4, -0.2) is 16.1 Å². The van der Waals surface area contributed by atoms with E-state index in [2.05, 4.69) is 11.9 Å². The molecule has 0 saturated heterocycles. The topological polar surface area (TPSA) is 76.2 Å². The number of nitrogens with two attached hydrogens (primary N) is 1. The number of aromatic carboxylic acids is 1. The number of unbranched alkanes of at least 4 members (excludes halogenated alkanes) is 1. The molecule has 0 aliphatic carbocycles. The van der Waals surface area contributed by atoms with Crippen LogP contribution in [0.1, 0.15) is 48.3 Å². The van der Waals surface area contributed by atoms with Crippen molar-refractivity contribution in [3.05, 3.63) is 29.6 Å². The van der Waals surface area contributed by atoms with Gasteiger partial charge in [0.2, 0.25) is 0 Å². The van der Waals surface area contributed by atoms with Gasteiger partial charge in [0.05, 0.1) is 11.3 Å². The molecule has 1 rings (SSSR count). The van der Waals surface area contributed by atoms with Gasteiger partial charge in [-0.2, -0.15) is 0 Å². The van der Waals surface area contributed by atoms with Gasteiger partial charge in [0.15, 0.2) is 0 Å². The lowest BCUT2D eigenvalue weighted by atomic mass is 10.1. The third kappa shape index (κ3) is 3.32. The van der Waals surface area contributed by atoms with Crippen LogP contribution in [-0.2, 0) is 0 Å². The maximum absolute atomic E-state index is 10.6. The predicted octanol–water partition coefficient (Wildman–Crippen LogP) is 1.97. The molecule has 0 spiro atoms. The van der Waals surface area contributed by atoms with Crippen molar-refractivity contribution in [2.24, 2.45) is 5.73 Å². The Morgan fingerprint density at radius 2 is 2.33 bits per heavy atom. The Labute approximate surface area is 89.1 Å². The van der Waals surface area contributed by atoms with Gasteiger partial charge in [-0.1, -0.05) is 19.8 Å². The molecule has 4 heteroatoms. The zero-order chi connectivity index (χ0) is 11.3. The molecular weight excluding hydrogens is 192 g/mol. The van der Waals surface area contributed by atoms with Crippen molar-refractivity contribution in [3.8, 4) is 0 Å². The molecule has 0 aliphatic heterocycles. The third-order valence-electron chi connectivity index (χ3n) is 2.28. The second kappa shape index (κ2) is 5.46. The monoisotopic (exact) mass is 208 g/mol. The minimum absolute atomic E-state index is 0.0900. The Kier molecular flexibility index (Phi) is 4.24. The van der Waals surface area contributed by atoms with E-state index in [1.54, 1.807) is 6.07 Å². The number of hydrogen-bond donors (Lipinski definition) is 2. The Morgan fingerprint density at radius 3 is 2.80 bits per heavy atom. The summed E-state index contributed by atoms with van der Waals surface area (Å²) < 4.78 is 0. The first-order chi connectivity index (χ1) is 7.15. The summed E-state index contributed by atoms with van der Waals surface area (Å²) in [6.07, 6.45) is 4.39. The summed E-state index contributed by atoms with van der Waals surface area (Å²) in [5.41, 5.74) is 6.85. The van der Waals surface area contributed by atoms with E-state index in [0.29, 0.717) is 0 Å². The summed E-state index contributed by atoms with van der Waals surface area (Å²) in [4.78, 5) is 14.6. The average Bonchev–Trinajstić information content (AvgIpc) is 2.26. The van der Waals surface area contributed by atoms with E-state index in [4.69, 9.17) is 10.8 Å². The molecule has 4 nitrogen and oxygen atoms in total. The van der Waals surface area contributed by atoms with Crippen LogP contribution in [0.3, 0.4) is 0 Å². The highest BCUT2D eigenvalue weighted by molar-refractivity contribution is 5.87. The molecule has 0 aliphatic rings. The Hall–Kier alpha value is -1.42. The predicted molar refractivity (Wildman–Crippen MR) is 57.6 cm³/mol. The first kappa shape index (κ1) is 11.7. The van der Waals surface area contributed by atoms with Gasteiger partial charge in [0.1, 0.15) is 0 Å². The van der Waals surface area contributed by atoms with E-state index in [1.807, 2.05) is 0 Å². The van der Waals surface area contributed by atoms with Crippen molar-refractivity contribution in [3.63, 3.8) is 0 Å².